The van der Waals surface area contributed by atoms with Gasteiger partial charge in [0.15, 0.2) is 0 Å². The molecule has 2 N–H and O–H groups in total. The van der Waals surface area contributed by atoms with E-state index in [-0.39, 0.29) is 0 Å². The van der Waals surface area contributed by atoms with Gasteiger partial charge in [0.1, 0.15) is 5.54 Å². The SMILES string of the molecule is Cc1nn(CCC(C)(N)C#N)cc1Cl. The fraction of sp³-hybridized carbons (Fsp3) is 0.556. The predicted molar refractivity (Wildman–Crippen MR) is 54.8 cm³/mol. The summed E-state index contributed by atoms with van der Waals surface area (Å²) in [5.74, 6) is 0. The Hall–Kier alpha value is -1.05. The van der Waals surface area contributed by atoms with Gasteiger partial charge < -0.3 is 5.73 Å². The fourth-order valence-electron chi connectivity index (χ4n) is 1.01. The minimum Gasteiger partial charge on any atom is -0.314 e. The molecular weight excluding hydrogens is 200 g/mol. The number of hydrogen-bond donors (Lipinski definition) is 1. The topological polar surface area (TPSA) is 67.6 Å². The molecule has 5 heteroatoms. The molecule has 0 radical (unpaired) electrons. The van der Waals surface area contributed by atoms with E-state index in [0.717, 1.165) is 5.69 Å². The molecule has 1 rings (SSSR count). The average molecular weight is 213 g/mol. The summed E-state index contributed by atoms with van der Waals surface area (Å²) < 4.78 is 1.71. The van der Waals surface area contributed by atoms with Crippen molar-refractivity contribution in [2.75, 3.05) is 0 Å². The van der Waals surface area contributed by atoms with Crippen LogP contribution in [0.3, 0.4) is 0 Å². The van der Waals surface area contributed by atoms with Crippen LogP contribution < -0.4 is 5.73 Å². The van der Waals surface area contributed by atoms with E-state index < -0.39 is 5.54 Å². The Kier molecular flexibility index (Phi) is 3.14. The van der Waals surface area contributed by atoms with Gasteiger partial charge in [-0.25, -0.2) is 0 Å². The van der Waals surface area contributed by atoms with Gasteiger partial charge in [-0.2, -0.15) is 10.4 Å². The molecule has 0 aliphatic rings. The number of hydrogen-bond acceptors (Lipinski definition) is 3. The molecule has 1 aromatic heterocycles. The average Bonchev–Trinajstić information content (AvgIpc) is 2.44. The van der Waals surface area contributed by atoms with Crippen LogP contribution in [-0.4, -0.2) is 15.3 Å². The number of nitrogens with two attached hydrogens (primary N) is 1. The summed E-state index contributed by atoms with van der Waals surface area (Å²) in [6.45, 7) is 4.14. The Morgan fingerprint density at radius 2 is 2.43 bits per heavy atom. The Morgan fingerprint density at radius 1 is 1.79 bits per heavy atom. The van der Waals surface area contributed by atoms with Crippen molar-refractivity contribution >= 4 is 11.6 Å². The Morgan fingerprint density at radius 3 is 2.86 bits per heavy atom. The molecule has 76 valence electrons. The van der Waals surface area contributed by atoms with E-state index in [4.69, 9.17) is 22.6 Å². The zero-order chi connectivity index (χ0) is 10.8. The van der Waals surface area contributed by atoms with Crippen molar-refractivity contribution in [3.63, 3.8) is 0 Å². The van der Waals surface area contributed by atoms with Gasteiger partial charge in [-0.1, -0.05) is 11.6 Å². The molecule has 0 fully saturated rings. The predicted octanol–water partition coefficient (Wildman–Crippen LogP) is 1.48. The van der Waals surface area contributed by atoms with Gasteiger partial charge in [-0.15, -0.1) is 0 Å². The van der Waals surface area contributed by atoms with Crippen molar-refractivity contribution in [2.24, 2.45) is 5.73 Å². The molecule has 0 saturated carbocycles. The highest BCUT2D eigenvalue weighted by molar-refractivity contribution is 6.31. The van der Waals surface area contributed by atoms with E-state index in [9.17, 15) is 0 Å². The summed E-state index contributed by atoms with van der Waals surface area (Å²) in [7, 11) is 0. The van der Waals surface area contributed by atoms with Gasteiger partial charge in [0.05, 0.1) is 16.8 Å². The number of aryl methyl sites for hydroxylation is 2. The molecule has 1 aromatic rings. The van der Waals surface area contributed by atoms with Crippen LogP contribution >= 0.6 is 11.6 Å². The first kappa shape index (κ1) is 11.0. The second kappa shape index (κ2) is 3.99. The molecule has 0 amide bonds. The van der Waals surface area contributed by atoms with Crippen LogP contribution in [0.4, 0.5) is 0 Å². The first-order chi connectivity index (χ1) is 6.44. The minimum absolute atomic E-state index is 0.556. The smallest absolute Gasteiger partial charge is 0.103 e. The zero-order valence-electron chi connectivity index (χ0n) is 8.29. The molecule has 0 aliphatic heterocycles. The van der Waals surface area contributed by atoms with Gasteiger partial charge in [-0.3, -0.25) is 4.68 Å². The van der Waals surface area contributed by atoms with Crippen LogP contribution in [0.5, 0.6) is 0 Å². The number of halogens is 1. The second-order valence-corrected chi connectivity index (χ2v) is 4.01. The molecule has 4 nitrogen and oxygen atoms in total. The van der Waals surface area contributed by atoms with Crippen LogP contribution in [0.25, 0.3) is 0 Å². The van der Waals surface area contributed by atoms with Crippen molar-refractivity contribution in [1.29, 1.82) is 5.26 Å². The third-order valence-corrected chi connectivity index (χ3v) is 2.37. The number of aromatic nitrogens is 2. The van der Waals surface area contributed by atoms with Crippen molar-refractivity contribution in [3.05, 3.63) is 16.9 Å². The van der Waals surface area contributed by atoms with Gasteiger partial charge >= 0.3 is 0 Å². The summed E-state index contributed by atoms with van der Waals surface area (Å²) in [6.07, 6.45) is 2.30. The van der Waals surface area contributed by atoms with Gasteiger partial charge in [0.2, 0.25) is 0 Å². The van der Waals surface area contributed by atoms with Gasteiger partial charge in [0.25, 0.3) is 0 Å². The van der Waals surface area contributed by atoms with E-state index in [1.807, 2.05) is 13.0 Å². The summed E-state index contributed by atoms with van der Waals surface area (Å²) >= 11 is 5.83. The molecule has 0 spiro atoms. The van der Waals surface area contributed by atoms with Gasteiger partial charge in [-0.05, 0) is 20.3 Å². The van der Waals surface area contributed by atoms with E-state index in [0.29, 0.717) is 18.0 Å². The van der Waals surface area contributed by atoms with Crippen molar-refractivity contribution < 1.29 is 0 Å². The van der Waals surface area contributed by atoms with Crippen molar-refractivity contribution in [3.8, 4) is 6.07 Å². The Bertz CT molecular complexity index is 342. The highest BCUT2D eigenvalue weighted by atomic mass is 35.5. The van der Waals surface area contributed by atoms with Crippen LogP contribution in [0, 0.1) is 18.3 Å². The Balaban J connectivity index is 2.59. The maximum atomic E-state index is 8.70. The maximum absolute atomic E-state index is 8.70. The monoisotopic (exact) mass is 212 g/mol. The van der Waals surface area contributed by atoms with E-state index in [2.05, 4.69) is 5.10 Å². The molecule has 0 saturated heterocycles. The standard InChI is InChI=1S/C9H13ClN4/c1-7-8(10)5-14(13-7)4-3-9(2,12)6-11/h5H,3-4,12H2,1-2H3. The summed E-state index contributed by atoms with van der Waals surface area (Å²) in [5.41, 5.74) is 5.67. The largest absolute Gasteiger partial charge is 0.314 e. The summed E-state index contributed by atoms with van der Waals surface area (Å²) in [6, 6.07) is 2.04. The highest BCUT2D eigenvalue weighted by Gasteiger charge is 2.17. The molecule has 0 aliphatic carbocycles. The molecule has 1 atom stereocenters. The van der Waals surface area contributed by atoms with Crippen LogP contribution in [0.2, 0.25) is 5.02 Å². The summed E-state index contributed by atoms with van der Waals surface area (Å²) in [5, 5.41) is 13.5. The highest BCUT2D eigenvalue weighted by Crippen LogP contribution is 2.13. The molecular formula is C9H13ClN4. The van der Waals surface area contributed by atoms with E-state index >= 15 is 0 Å². The lowest BCUT2D eigenvalue weighted by Crippen LogP contribution is -2.35. The molecule has 14 heavy (non-hydrogen) atoms. The summed E-state index contributed by atoms with van der Waals surface area (Å²) in [4.78, 5) is 0. The molecule has 0 bridgehead atoms. The zero-order valence-corrected chi connectivity index (χ0v) is 9.04. The Labute approximate surface area is 88.3 Å². The normalized spacial score (nSPS) is 14.8. The first-order valence-corrected chi connectivity index (χ1v) is 4.72. The first-order valence-electron chi connectivity index (χ1n) is 4.34. The van der Waals surface area contributed by atoms with Gasteiger partial charge in [0, 0.05) is 12.7 Å². The molecule has 1 heterocycles. The number of nitrogens with zero attached hydrogens (tertiary/aromatic N) is 3. The lowest BCUT2D eigenvalue weighted by atomic mass is 10.0. The number of rotatable bonds is 3. The molecule has 0 aromatic carbocycles. The maximum Gasteiger partial charge on any atom is 0.103 e. The minimum atomic E-state index is -0.799. The third kappa shape index (κ3) is 2.72. The second-order valence-electron chi connectivity index (χ2n) is 3.60. The molecule has 1 unspecified atom stereocenters. The lowest BCUT2D eigenvalue weighted by Gasteiger charge is -2.14. The fourth-order valence-corrected chi connectivity index (χ4v) is 1.16. The van der Waals surface area contributed by atoms with Crippen LogP contribution in [0.15, 0.2) is 6.20 Å². The van der Waals surface area contributed by atoms with E-state index in [1.54, 1.807) is 17.8 Å². The number of nitriles is 1. The lowest BCUT2D eigenvalue weighted by molar-refractivity contribution is 0.465. The third-order valence-electron chi connectivity index (χ3n) is 2.00. The van der Waals surface area contributed by atoms with E-state index in [1.165, 1.54) is 0 Å². The van der Waals surface area contributed by atoms with Crippen LogP contribution in [-0.2, 0) is 6.54 Å². The van der Waals surface area contributed by atoms with Crippen molar-refractivity contribution in [2.45, 2.75) is 32.4 Å². The quantitative estimate of drug-likeness (QED) is 0.825. The van der Waals surface area contributed by atoms with Crippen LogP contribution in [0.1, 0.15) is 19.0 Å². The van der Waals surface area contributed by atoms with Crippen molar-refractivity contribution in [1.82, 2.24) is 9.78 Å².